The van der Waals surface area contributed by atoms with Gasteiger partial charge in [-0.15, -0.1) is 0 Å². The molecule has 0 aliphatic heterocycles. The summed E-state index contributed by atoms with van der Waals surface area (Å²) in [5.74, 6) is 2.30. The molecule has 28 heavy (non-hydrogen) atoms. The lowest BCUT2D eigenvalue weighted by molar-refractivity contribution is -0.121. The number of nitrogens with zero attached hydrogens (tertiary/aromatic N) is 2. The number of carbonyl (C=O) groups is 1. The number of rotatable bonds is 9. The van der Waals surface area contributed by atoms with Gasteiger partial charge >= 0.3 is 0 Å². The molecule has 0 fully saturated rings. The zero-order chi connectivity index (χ0) is 19.8. The lowest BCUT2D eigenvalue weighted by Gasteiger charge is -2.08. The van der Waals surface area contributed by atoms with E-state index in [4.69, 9.17) is 14.0 Å². The van der Waals surface area contributed by atoms with Gasteiger partial charge in [0.2, 0.25) is 17.6 Å². The molecule has 0 unspecified atom stereocenters. The van der Waals surface area contributed by atoms with Crippen molar-refractivity contribution < 1.29 is 18.8 Å². The van der Waals surface area contributed by atoms with Crippen LogP contribution < -0.4 is 14.8 Å². The summed E-state index contributed by atoms with van der Waals surface area (Å²) in [6.45, 7) is 0.537. The second-order valence-electron chi connectivity index (χ2n) is 6.12. The molecule has 0 atom stereocenters. The summed E-state index contributed by atoms with van der Waals surface area (Å²) in [4.78, 5) is 16.4. The molecular weight excluding hydrogens is 358 g/mol. The number of amides is 1. The van der Waals surface area contributed by atoms with Crippen LogP contribution in [0, 0.1) is 0 Å². The average molecular weight is 381 g/mol. The second-order valence-corrected chi connectivity index (χ2v) is 6.12. The second kappa shape index (κ2) is 9.55. The summed E-state index contributed by atoms with van der Waals surface area (Å²) in [5, 5.41) is 6.89. The zero-order valence-corrected chi connectivity index (χ0v) is 16.0. The lowest BCUT2D eigenvalue weighted by Crippen LogP contribution is -2.26. The normalized spacial score (nSPS) is 10.5. The van der Waals surface area contributed by atoms with E-state index >= 15 is 0 Å². The number of para-hydroxylation sites is 2. The fourth-order valence-electron chi connectivity index (χ4n) is 2.85. The van der Waals surface area contributed by atoms with E-state index in [0.29, 0.717) is 36.9 Å². The minimum Gasteiger partial charge on any atom is -0.496 e. The number of ether oxygens (including phenoxy) is 2. The molecule has 2 aromatic carbocycles. The maximum absolute atomic E-state index is 12.1. The third-order valence-corrected chi connectivity index (χ3v) is 4.29. The first kappa shape index (κ1) is 19.4. The Kier molecular flexibility index (Phi) is 6.62. The summed E-state index contributed by atoms with van der Waals surface area (Å²) < 4.78 is 15.9. The van der Waals surface area contributed by atoms with Gasteiger partial charge in [0.1, 0.15) is 11.5 Å². The highest BCUT2D eigenvalue weighted by Gasteiger charge is 2.14. The van der Waals surface area contributed by atoms with Crippen LogP contribution in [0.2, 0.25) is 0 Å². The number of methoxy groups -OCH3 is 2. The molecule has 3 rings (SSSR count). The number of hydrogen-bond acceptors (Lipinski definition) is 6. The zero-order valence-electron chi connectivity index (χ0n) is 16.0. The van der Waals surface area contributed by atoms with E-state index in [0.717, 1.165) is 16.9 Å². The van der Waals surface area contributed by atoms with Crippen molar-refractivity contribution in [1.82, 2.24) is 15.5 Å². The molecule has 146 valence electrons. The Balaban J connectivity index is 1.48. The molecule has 1 aromatic heterocycles. The van der Waals surface area contributed by atoms with Crippen LogP contribution in [-0.4, -0.2) is 36.8 Å². The fraction of sp³-hybridized carbons (Fsp3) is 0.286. The molecular formula is C21H23N3O4. The Labute approximate surface area is 163 Å². The van der Waals surface area contributed by atoms with E-state index in [9.17, 15) is 4.79 Å². The highest BCUT2D eigenvalue weighted by Crippen LogP contribution is 2.27. The van der Waals surface area contributed by atoms with Crippen LogP contribution in [0.15, 0.2) is 53.1 Å². The van der Waals surface area contributed by atoms with E-state index in [-0.39, 0.29) is 12.3 Å². The molecule has 0 saturated heterocycles. The number of hydrogen-bond donors (Lipinski definition) is 1. The third-order valence-electron chi connectivity index (χ3n) is 4.29. The summed E-state index contributed by atoms with van der Waals surface area (Å²) in [5.41, 5.74) is 1.81. The Bertz CT molecular complexity index is 923. The third kappa shape index (κ3) is 4.88. The standard InChI is InChI=1S/C21H23N3O4/c1-26-17-9-5-3-7-15(17)13-14-22-19(25)11-12-20-23-21(24-28-20)16-8-4-6-10-18(16)27-2/h3-10H,11-14H2,1-2H3,(H,22,25). The van der Waals surface area contributed by atoms with Crippen LogP contribution in [0.3, 0.4) is 0 Å². The van der Waals surface area contributed by atoms with Crippen molar-refractivity contribution >= 4 is 5.91 Å². The molecule has 0 aliphatic rings. The first-order valence-corrected chi connectivity index (χ1v) is 9.06. The van der Waals surface area contributed by atoms with Crippen LogP contribution in [0.4, 0.5) is 0 Å². The van der Waals surface area contributed by atoms with Crippen molar-refractivity contribution in [3.63, 3.8) is 0 Å². The maximum atomic E-state index is 12.1. The van der Waals surface area contributed by atoms with Crippen LogP contribution in [0.5, 0.6) is 11.5 Å². The highest BCUT2D eigenvalue weighted by molar-refractivity contribution is 5.76. The molecule has 0 saturated carbocycles. The van der Waals surface area contributed by atoms with E-state index in [1.165, 1.54) is 0 Å². The summed E-state index contributed by atoms with van der Waals surface area (Å²) in [6, 6.07) is 15.2. The molecule has 3 aromatic rings. The van der Waals surface area contributed by atoms with Gasteiger partial charge in [-0.1, -0.05) is 35.5 Å². The Morgan fingerprint density at radius 3 is 2.50 bits per heavy atom. The number of aryl methyl sites for hydroxylation is 1. The molecule has 1 heterocycles. The summed E-state index contributed by atoms with van der Waals surface area (Å²) in [6.07, 6.45) is 1.36. The average Bonchev–Trinajstić information content (AvgIpc) is 3.21. The van der Waals surface area contributed by atoms with E-state index in [1.54, 1.807) is 14.2 Å². The van der Waals surface area contributed by atoms with Crippen molar-refractivity contribution in [3.8, 4) is 22.9 Å². The van der Waals surface area contributed by atoms with Crippen molar-refractivity contribution in [1.29, 1.82) is 0 Å². The number of benzene rings is 2. The van der Waals surface area contributed by atoms with Crippen LogP contribution in [0.1, 0.15) is 17.9 Å². The van der Waals surface area contributed by atoms with Gasteiger partial charge in [-0.2, -0.15) is 4.98 Å². The van der Waals surface area contributed by atoms with Gasteiger partial charge in [0.05, 0.1) is 19.8 Å². The monoisotopic (exact) mass is 381 g/mol. The topological polar surface area (TPSA) is 86.5 Å². The van der Waals surface area contributed by atoms with Gasteiger partial charge in [0, 0.05) is 19.4 Å². The van der Waals surface area contributed by atoms with Gasteiger partial charge in [-0.25, -0.2) is 0 Å². The lowest BCUT2D eigenvalue weighted by atomic mass is 10.1. The van der Waals surface area contributed by atoms with E-state index in [2.05, 4.69) is 15.5 Å². The quantitative estimate of drug-likeness (QED) is 0.613. The van der Waals surface area contributed by atoms with Crippen LogP contribution >= 0.6 is 0 Å². The first-order chi connectivity index (χ1) is 13.7. The summed E-state index contributed by atoms with van der Waals surface area (Å²) in [7, 11) is 3.23. The van der Waals surface area contributed by atoms with Crippen molar-refractivity contribution in [3.05, 3.63) is 60.0 Å². The van der Waals surface area contributed by atoms with E-state index < -0.39 is 0 Å². The van der Waals surface area contributed by atoms with Gasteiger partial charge in [0.25, 0.3) is 0 Å². The predicted molar refractivity (Wildman–Crippen MR) is 104 cm³/mol. The van der Waals surface area contributed by atoms with E-state index in [1.807, 2.05) is 48.5 Å². The number of nitrogens with one attached hydrogen (secondary N) is 1. The fourth-order valence-corrected chi connectivity index (χ4v) is 2.85. The first-order valence-electron chi connectivity index (χ1n) is 9.06. The minimum atomic E-state index is -0.0630. The van der Waals surface area contributed by atoms with Gasteiger partial charge in [-0.3, -0.25) is 4.79 Å². The van der Waals surface area contributed by atoms with Gasteiger partial charge in [0.15, 0.2) is 0 Å². The minimum absolute atomic E-state index is 0.0630. The smallest absolute Gasteiger partial charge is 0.227 e. The van der Waals surface area contributed by atoms with Gasteiger partial charge < -0.3 is 19.3 Å². The molecule has 0 bridgehead atoms. The predicted octanol–water partition coefficient (Wildman–Crippen LogP) is 3.05. The van der Waals surface area contributed by atoms with Crippen molar-refractivity contribution in [2.75, 3.05) is 20.8 Å². The molecule has 0 radical (unpaired) electrons. The number of aromatic nitrogens is 2. The van der Waals surface area contributed by atoms with Crippen molar-refractivity contribution in [2.24, 2.45) is 0 Å². The van der Waals surface area contributed by atoms with Gasteiger partial charge in [-0.05, 0) is 30.2 Å². The summed E-state index contributed by atoms with van der Waals surface area (Å²) >= 11 is 0. The SMILES string of the molecule is COc1ccccc1CCNC(=O)CCc1nc(-c2ccccc2OC)no1. The molecule has 7 heteroatoms. The Hall–Kier alpha value is -3.35. The number of carbonyl (C=O) groups excluding carboxylic acids is 1. The molecule has 0 aliphatic carbocycles. The molecule has 7 nitrogen and oxygen atoms in total. The van der Waals surface area contributed by atoms with Crippen molar-refractivity contribution in [2.45, 2.75) is 19.3 Å². The Morgan fingerprint density at radius 2 is 1.71 bits per heavy atom. The maximum Gasteiger partial charge on any atom is 0.227 e. The Morgan fingerprint density at radius 1 is 1.00 bits per heavy atom. The molecule has 1 amide bonds. The largest absolute Gasteiger partial charge is 0.496 e. The van der Waals surface area contributed by atoms with Crippen LogP contribution in [-0.2, 0) is 17.6 Å². The highest BCUT2D eigenvalue weighted by atomic mass is 16.5. The molecule has 0 spiro atoms. The molecule has 1 N–H and O–H groups in total. The van der Waals surface area contributed by atoms with Crippen LogP contribution in [0.25, 0.3) is 11.4 Å².